The molecule has 0 saturated heterocycles. The third-order valence-electron chi connectivity index (χ3n) is 5.54. The van der Waals surface area contributed by atoms with Gasteiger partial charge in [0, 0.05) is 29.9 Å². The van der Waals surface area contributed by atoms with E-state index in [2.05, 4.69) is 24.5 Å². The molecule has 0 heterocycles. The Morgan fingerprint density at radius 3 is 1.35 bits per heavy atom. The fraction of sp³-hybridized carbons (Fsp3) is 0.692. The van der Waals surface area contributed by atoms with Crippen LogP contribution in [0.2, 0.25) is 0 Å². The van der Waals surface area contributed by atoms with Gasteiger partial charge in [-0.1, -0.05) is 90.9 Å². The van der Waals surface area contributed by atoms with Crippen molar-refractivity contribution in [3.05, 3.63) is 18.2 Å². The number of hydrogen-bond acceptors (Lipinski definition) is 3. The Hall–Kier alpha value is -2.04. The maximum Gasteiger partial charge on any atom is 0.224 e. The minimum Gasteiger partial charge on any atom is -0.399 e. The van der Waals surface area contributed by atoms with Crippen molar-refractivity contribution in [1.29, 1.82) is 0 Å². The van der Waals surface area contributed by atoms with Gasteiger partial charge in [0.05, 0.1) is 0 Å². The van der Waals surface area contributed by atoms with E-state index in [9.17, 15) is 9.59 Å². The lowest BCUT2D eigenvalue weighted by Crippen LogP contribution is -2.14. The Bertz CT molecular complexity index is 581. The lowest BCUT2D eigenvalue weighted by Gasteiger charge is -2.11. The van der Waals surface area contributed by atoms with E-state index in [0.29, 0.717) is 29.9 Å². The van der Waals surface area contributed by atoms with Gasteiger partial charge in [-0.2, -0.15) is 0 Å². The van der Waals surface area contributed by atoms with Crippen molar-refractivity contribution in [3.63, 3.8) is 0 Å². The quantitative estimate of drug-likeness (QED) is 0.167. The Balaban J connectivity index is 2.30. The molecule has 0 radical (unpaired) electrons. The molecule has 1 aromatic rings. The lowest BCUT2D eigenvalue weighted by atomic mass is 10.1. The highest BCUT2D eigenvalue weighted by Gasteiger charge is 2.07. The van der Waals surface area contributed by atoms with Gasteiger partial charge in [0.1, 0.15) is 0 Å². The molecule has 1 aromatic carbocycles. The summed E-state index contributed by atoms with van der Waals surface area (Å²) in [6.07, 6.45) is 17.6. The Morgan fingerprint density at radius 2 is 0.968 bits per heavy atom. The molecule has 0 spiro atoms. The average Bonchev–Trinajstić information content (AvgIpc) is 2.72. The Labute approximate surface area is 189 Å². The number of carbonyl (C=O) groups is 2. The summed E-state index contributed by atoms with van der Waals surface area (Å²) in [6.45, 7) is 4.43. The minimum absolute atomic E-state index is 0.000456. The first-order valence-electron chi connectivity index (χ1n) is 12.6. The third-order valence-corrected chi connectivity index (χ3v) is 5.54. The molecule has 5 nitrogen and oxygen atoms in total. The largest absolute Gasteiger partial charge is 0.399 e. The number of anilines is 3. The first-order valence-corrected chi connectivity index (χ1v) is 12.6. The van der Waals surface area contributed by atoms with Crippen LogP contribution in [0, 0.1) is 0 Å². The van der Waals surface area contributed by atoms with Crippen molar-refractivity contribution in [1.82, 2.24) is 0 Å². The molecule has 4 N–H and O–H groups in total. The van der Waals surface area contributed by atoms with Gasteiger partial charge >= 0.3 is 0 Å². The van der Waals surface area contributed by atoms with E-state index in [1.165, 1.54) is 64.2 Å². The number of benzene rings is 1. The fourth-order valence-electron chi connectivity index (χ4n) is 3.73. The van der Waals surface area contributed by atoms with E-state index in [1.807, 2.05) is 0 Å². The van der Waals surface area contributed by atoms with Crippen LogP contribution >= 0.6 is 0 Å². The lowest BCUT2D eigenvalue weighted by molar-refractivity contribution is -0.117. The SMILES string of the molecule is CCCCCCCCCC(=O)Nc1cc(N)cc(NC(=O)CCCCCCCCC)c1. The van der Waals surface area contributed by atoms with Crippen LogP contribution in [0.4, 0.5) is 17.1 Å². The van der Waals surface area contributed by atoms with Gasteiger partial charge in [-0.15, -0.1) is 0 Å². The summed E-state index contributed by atoms with van der Waals surface area (Å²) in [6, 6.07) is 5.24. The van der Waals surface area contributed by atoms with Crippen molar-refractivity contribution >= 4 is 28.9 Å². The summed E-state index contributed by atoms with van der Waals surface area (Å²) >= 11 is 0. The van der Waals surface area contributed by atoms with Crippen LogP contribution in [-0.2, 0) is 9.59 Å². The highest BCUT2D eigenvalue weighted by molar-refractivity contribution is 5.95. The molecule has 5 heteroatoms. The zero-order valence-corrected chi connectivity index (χ0v) is 19.9. The summed E-state index contributed by atoms with van der Waals surface area (Å²) < 4.78 is 0. The number of nitrogen functional groups attached to an aromatic ring is 1. The number of rotatable bonds is 18. The second-order valence-corrected chi connectivity index (χ2v) is 8.68. The van der Waals surface area contributed by atoms with Crippen molar-refractivity contribution < 1.29 is 9.59 Å². The van der Waals surface area contributed by atoms with Gasteiger partial charge in [-0.25, -0.2) is 0 Å². The van der Waals surface area contributed by atoms with Gasteiger partial charge in [-0.05, 0) is 31.0 Å². The second-order valence-electron chi connectivity index (χ2n) is 8.68. The van der Waals surface area contributed by atoms with Crippen LogP contribution in [0.1, 0.15) is 117 Å². The van der Waals surface area contributed by atoms with Crippen molar-refractivity contribution in [2.75, 3.05) is 16.4 Å². The second kappa shape index (κ2) is 17.6. The highest BCUT2D eigenvalue weighted by atomic mass is 16.2. The molecule has 0 bridgehead atoms. The van der Waals surface area contributed by atoms with E-state index in [0.717, 1.165) is 25.7 Å². The van der Waals surface area contributed by atoms with Crippen LogP contribution in [0.3, 0.4) is 0 Å². The van der Waals surface area contributed by atoms with Gasteiger partial charge in [-0.3, -0.25) is 9.59 Å². The predicted molar refractivity (Wildman–Crippen MR) is 133 cm³/mol. The maximum atomic E-state index is 12.2. The third kappa shape index (κ3) is 14.6. The van der Waals surface area contributed by atoms with Crippen LogP contribution in [0.15, 0.2) is 18.2 Å². The molecule has 0 unspecified atom stereocenters. The normalized spacial score (nSPS) is 10.8. The van der Waals surface area contributed by atoms with Crippen molar-refractivity contribution in [2.45, 2.75) is 117 Å². The first-order chi connectivity index (χ1) is 15.0. The topological polar surface area (TPSA) is 84.2 Å². The van der Waals surface area contributed by atoms with Crippen molar-refractivity contribution in [3.8, 4) is 0 Å². The van der Waals surface area contributed by atoms with Gasteiger partial charge in [0.25, 0.3) is 0 Å². The van der Waals surface area contributed by atoms with E-state index in [1.54, 1.807) is 18.2 Å². The summed E-state index contributed by atoms with van der Waals surface area (Å²) in [5, 5.41) is 5.83. The van der Waals surface area contributed by atoms with Crippen LogP contribution < -0.4 is 16.4 Å². The van der Waals surface area contributed by atoms with E-state index in [4.69, 9.17) is 5.73 Å². The molecular weight excluding hydrogens is 386 g/mol. The van der Waals surface area contributed by atoms with Crippen molar-refractivity contribution in [2.24, 2.45) is 0 Å². The summed E-state index contributed by atoms with van der Waals surface area (Å²) in [7, 11) is 0. The van der Waals surface area contributed by atoms with Crippen LogP contribution in [-0.4, -0.2) is 11.8 Å². The summed E-state index contributed by atoms with van der Waals surface area (Å²) in [5.41, 5.74) is 7.77. The predicted octanol–water partition coefficient (Wildman–Crippen LogP) is 7.43. The Kier molecular flexibility index (Phi) is 15.3. The van der Waals surface area contributed by atoms with E-state index in [-0.39, 0.29) is 11.8 Å². The zero-order chi connectivity index (χ0) is 22.7. The van der Waals surface area contributed by atoms with Gasteiger partial charge in [0.15, 0.2) is 0 Å². The molecule has 31 heavy (non-hydrogen) atoms. The molecule has 176 valence electrons. The fourth-order valence-corrected chi connectivity index (χ4v) is 3.73. The number of nitrogens with one attached hydrogen (secondary N) is 2. The number of unbranched alkanes of at least 4 members (excludes halogenated alkanes) is 12. The monoisotopic (exact) mass is 431 g/mol. The number of amides is 2. The molecule has 0 atom stereocenters. The van der Waals surface area contributed by atoms with E-state index >= 15 is 0 Å². The van der Waals surface area contributed by atoms with Crippen LogP contribution in [0.5, 0.6) is 0 Å². The van der Waals surface area contributed by atoms with Gasteiger partial charge in [0.2, 0.25) is 11.8 Å². The number of nitrogens with two attached hydrogens (primary N) is 1. The molecule has 2 amide bonds. The van der Waals surface area contributed by atoms with Crippen LogP contribution in [0.25, 0.3) is 0 Å². The maximum absolute atomic E-state index is 12.2. The van der Waals surface area contributed by atoms with Gasteiger partial charge < -0.3 is 16.4 Å². The first kappa shape index (κ1) is 27.0. The molecule has 0 aliphatic heterocycles. The summed E-state index contributed by atoms with van der Waals surface area (Å²) in [5.74, 6) is -0.000912. The molecule has 0 fully saturated rings. The molecule has 0 aliphatic carbocycles. The number of hydrogen-bond donors (Lipinski definition) is 3. The highest BCUT2D eigenvalue weighted by Crippen LogP contribution is 2.22. The minimum atomic E-state index is -0.000456. The number of carbonyl (C=O) groups excluding carboxylic acids is 2. The van der Waals surface area contributed by atoms with E-state index < -0.39 is 0 Å². The molecular formula is C26H45N3O2. The molecule has 0 saturated carbocycles. The standard InChI is InChI=1S/C26H45N3O2/c1-3-5-7-9-11-13-15-17-25(30)28-23-19-22(27)20-24(21-23)29-26(31)18-16-14-12-10-8-6-4-2/h19-21H,3-18,27H2,1-2H3,(H,28,30)(H,29,31). The molecule has 0 aromatic heterocycles. The average molecular weight is 432 g/mol. The zero-order valence-electron chi connectivity index (χ0n) is 19.9. The molecule has 0 aliphatic rings. The smallest absolute Gasteiger partial charge is 0.224 e. The Morgan fingerprint density at radius 1 is 0.613 bits per heavy atom. The molecule has 1 rings (SSSR count). The summed E-state index contributed by atoms with van der Waals surface area (Å²) in [4.78, 5) is 24.4.